The number of piperidine rings is 1. The Labute approximate surface area is 163 Å². The minimum absolute atomic E-state index is 0.0531. The summed E-state index contributed by atoms with van der Waals surface area (Å²) in [5, 5.41) is 6.15. The molecule has 1 saturated heterocycles. The molecule has 0 radical (unpaired) electrons. The summed E-state index contributed by atoms with van der Waals surface area (Å²) in [5.74, 6) is -0.0986. The van der Waals surface area contributed by atoms with Crippen molar-refractivity contribution in [2.24, 2.45) is 11.3 Å². The molecule has 1 aliphatic heterocycles. The maximum Gasteiger partial charge on any atom is 0.321 e. The highest BCUT2D eigenvalue weighted by Crippen LogP contribution is 2.28. The van der Waals surface area contributed by atoms with Crippen molar-refractivity contribution < 1.29 is 9.59 Å². The van der Waals surface area contributed by atoms with Crippen LogP contribution in [0.15, 0.2) is 24.3 Å². The zero-order valence-electron chi connectivity index (χ0n) is 17.7. The molecule has 3 amide bonds. The second-order valence-corrected chi connectivity index (χ2v) is 9.70. The van der Waals surface area contributed by atoms with E-state index in [2.05, 4.69) is 45.3 Å². The lowest BCUT2D eigenvalue weighted by Gasteiger charge is -2.37. The van der Waals surface area contributed by atoms with Crippen molar-refractivity contribution in [3.05, 3.63) is 29.8 Å². The summed E-state index contributed by atoms with van der Waals surface area (Å²) in [6.07, 6.45) is 2.57. The number of urea groups is 1. The van der Waals surface area contributed by atoms with Crippen LogP contribution in [-0.2, 0) is 4.79 Å². The van der Waals surface area contributed by atoms with E-state index in [-0.39, 0.29) is 28.8 Å². The Morgan fingerprint density at radius 1 is 1.19 bits per heavy atom. The van der Waals surface area contributed by atoms with E-state index >= 15 is 0 Å². The fourth-order valence-electron chi connectivity index (χ4n) is 4.11. The van der Waals surface area contributed by atoms with Gasteiger partial charge >= 0.3 is 6.03 Å². The van der Waals surface area contributed by atoms with Crippen LogP contribution in [0.25, 0.3) is 0 Å². The van der Waals surface area contributed by atoms with Gasteiger partial charge in [-0.1, -0.05) is 32.9 Å². The van der Waals surface area contributed by atoms with Gasteiger partial charge in [-0.05, 0) is 63.1 Å². The number of aryl methyl sites for hydroxylation is 1. The van der Waals surface area contributed by atoms with Gasteiger partial charge in [-0.25, -0.2) is 4.79 Å². The zero-order valence-corrected chi connectivity index (χ0v) is 17.7. The maximum absolute atomic E-state index is 12.8. The summed E-state index contributed by atoms with van der Waals surface area (Å²) in [4.78, 5) is 27.2. The first kappa shape index (κ1) is 21.3. The molecule has 0 bridgehead atoms. The minimum Gasteiger partial charge on any atom is -0.351 e. The number of likely N-dealkylation sites (tertiary alicyclic amines) is 1. The Morgan fingerprint density at radius 3 is 2.52 bits per heavy atom. The van der Waals surface area contributed by atoms with Gasteiger partial charge in [-0.15, -0.1) is 0 Å². The van der Waals surface area contributed by atoms with Crippen LogP contribution in [0.4, 0.5) is 10.5 Å². The number of anilines is 1. The predicted octanol–water partition coefficient (Wildman–Crippen LogP) is 4.57. The Hall–Kier alpha value is -2.04. The van der Waals surface area contributed by atoms with Crippen LogP contribution >= 0.6 is 0 Å². The zero-order chi connectivity index (χ0) is 20.2. The predicted molar refractivity (Wildman–Crippen MR) is 111 cm³/mol. The van der Waals surface area contributed by atoms with E-state index in [1.165, 1.54) is 0 Å². The Bertz CT molecular complexity index is 676. The monoisotopic (exact) mass is 373 g/mol. The van der Waals surface area contributed by atoms with Crippen LogP contribution in [0.2, 0.25) is 0 Å². The molecule has 1 heterocycles. The molecule has 2 N–H and O–H groups in total. The summed E-state index contributed by atoms with van der Waals surface area (Å²) in [6.45, 7) is 13.8. The summed E-state index contributed by atoms with van der Waals surface area (Å²) in [7, 11) is 0. The van der Waals surface area contributed by atoms with E-state index in [9.17, 15) is 9.59 Å². The Balaban J connectivity index is 1.94. The lowest BCUT2D eigenvalue weighted by atomic mass is 9.81. The molecule has 0 aliphatic carbocycles. The third-order valence-corrected chi connectivity index (χ3v) is 4.78. The Morgan fingerprint density at radius 2 is 1.89 bits per heavy atom. The molecule has 27 heavy (non-hydrogen) atoms. The summed E-state index contributed by atoms with van der Waals surface area (Å²) >= 11 is 0. The normalized spacial score (nSPS) is 18.1. The van der Waals surface area contributed by atoms with Gasteiger partial charge in [-0.3, -0.25) is 4.79 Å². The van der Waals surface area contributed by atoms with E-state index in [0.29, 0.717) is 13.1 Å². The quantitative estimate of drug-likeness (QED) is 0.812. The minimum atomic E-state index is -0.262. The SMILES string of the molecule is Cc1cccc(NC(=O)N2CCCC(C(=O)NC(C)(C)CC(C)(C)C)C2)c1. The van der Waals surface area contributed by atoms with Gasteiger partial charge in [0.15, 0.2) is 0 Å². The largest absolute Gasteiger partial charge is 0.351 e. The van der Waals surface area contributed by atoms with Gasteiger partial charge in [0.2, 0.25) is 5.91 Å². The average Bonchev–Trinajstić information content (AvgIpc) is 2.52. The molecule has 0 spiro atoms. The van der Waals surface area contributed by atoms with Crippen LogP contribution in [0, 0.1) is 18.3 Å². The van der Waals surface area contributed by atoms with Crippen molar-refractivity contribution in [2.75, 3.05) is 18.4 Å². The molecule has 0 aromatic heterocycles. The van der Waals surface area contributed by atoms with Crippen LogP contribution in [0.1, 0.15) is 59.4 Å². The molecule has 0 saturated carbocycles. The van der Waals surface area contributed by atoms with Gasteiger partial charge in [0, 0.05) is 24.3 Å². The van der Waals surface area contributed by atoms with E-state index < -0.39 is 0 Å². The first-order valence-electron chi connectivity index (χ1n) is 9.90. The molecule has 5 nitrogen and oxygen atoms in total. The van der Waals surface area contributed by atoms with Crippen LogP contribution in [-0.4, -0.2) is 35.5 Å². The van der Waals surface area contributed by atoms with Crippen LogP contribution < -0.4 is 10.6 Å². The molecule has 5 heteroatoms. The van der Waals surface area contributed by atoms with E-state index in [0.717, 1.165) is 30.5 Å². The lowest BCUT2D eigenvalue weighted by Crippen LogP contribution is -2.52. The topological polar surface area (TPSA) is 61.4 Å². The first-order valence-corrected chi connectivity index (χ1v) is 9.90. The standard InChI is InChI=1S/C22H35N3O2/c1-16-9-7-11-18(13-16)23-20(27)25-12-8-10-17(14-25)19(26)24-22(5,6)15-21(2,3)4/h7,9,11,13,17H,8,10,12,14-15H2,1-6H3,(H,23,27)(H,24,26). The summed E-state index contributed by atoms with van der Waals surface area (Å²) < 4.78 is 0. The second-order valence-electron chi connectivity index (χ2n) is 9.70. The van der Waals surface area contributed by atoms with Crippen molar-refractivity contribution in [2.45, 2.75) is 66.3 Å². The van der Waals surface area contributed by atoms with Crippen molar-refractivity contribution in [3.63, 3.8) is 0 Å². The molecule has 1 aliphatic rings. The average molecular weight is 374 g/mol. The maximum atomic E-state index is 12.8. The van der Waals surface area contributed by atoms with Gasteiger partial charge in [0.1, 0.15) is 0 Å². The highest BCUT2D eigenvalue weighted by molar-refractivity contribution is 5.90. The number of carbonyl (C=O) groups excluding carboxylic acids is 2. The number of nitrogens with zero attached hydrogens (tertiary/aromatic N) is 1. The number of benzene rings is 1. The molecule has 1 fully saturated rings. The number of amides is 3. The lowest BCUT2D eigenvalue weighted by molar-refractivity contribution is -0.128. The third kappa shape index (κ3) is 6.89. The molecule has 1 atom stereocenters. The summed E-state index contributed by atoms with van der Waals surface area (Å²) in [5.41, 5.74) is 1.77. The first-order chi connectivity index (χ1) is 12.5. The number of rotatable bonds is 4. The molecular weight excluding hydrogens is 338 g/mol. The van der Waals surface area contributed by atoms with Crippen molar-refractivity contribution in [1.82, 2.24) is 10.2 Å². The van der Waals surface area contributed by atoms with Gasteiger partial charge in [0.05, 0.1) is 5.92 Å². The molecule has 1 aromatic rings. The van der Waals surface area contributed by atoms with Gasteiger partial charge in [-0.2, -0.15) is 0 Å². The number of hydrogen-bond acceptors (Lipinski definition) is 2. The highest BCUT2D eigenvalue weighted by Gasteiger charge is 2.33. The van der Waals surface area contributed by atoms with Crippen LogP contribution in [0.3, 0.4) is 0 Å². The van der Waals surface area contributed by atoms with Crippen molar-refractivity contribution in [3.8, 4) is 0 Å². The van der Waals surface area contributed by atoms with Crippen LogP contribution in [0.5, 0.6) is 0 Å². The fourth-order valence-corrected chi connectivity index (χ4v) is 4.11. The number of nitrogens with one attached hydrogen (secondary N) is 2. The third-order valence-electron chi connectivity index (χ3n) is 4.78. The smallest absolute Gasteiger partial charge is 0.321 e. The summed E-state index contributed by atoms with van der Waals surface area (Å²) in [6, 6.07) is 7.62. The fraction of sp³-hybridized carbons (Fsp3) is 0.636. The molecule has 150 valence electrons. The van der Waals surface area contributed by atoms with Crippen molar-refractivity contribution >= 4 is 17.6 Å². The molecule has 1 aromatic carbocycles. The van der Waals surface area contributed by atoms with E-state index in [1.54, 1.807) is 4.90 Å². The van der Waals surface area contributed by atoms with Gasteiger partial charge in [0.25, 0.3) is 0 Å². The van der Waals surface area contributed by atoms with Gasteiger partial charge < -0.3 is 15.5 Å². The number of carbonyl (C=O) groups is 2. The molecule has 2 rings (SSSR count). The number of hydrogen-bond donors (Lipinski definition) is 2. The second kappa shape index (κ2) is 8.32. The Kier molecular flexibility index (Phi) is 6.55. The highest BCUT2D eigenvalue weighted by atomic mass is 16.2. The van der Waals surface area contributed by atoms with E-state index in [1.807, 2.05) is 31.2 Å². The van der Waals surface area contributed by atoms with Crippen molar-refractivity contribution in [1.29, 1.82) is 0 Å². The molecule has 1 unspecified atom stereocenters. The molecular formula is C22H35N3O2. The van der Waals surface area contributed by atoms with E-state index in [4.69, 9.17) is 0 Å².